The lowest BCUT2D eigenvalue weighted by atomic mass is 9.89. The number of aryl methyl sites for hydroxylation is 1. The van der Waals surface area contributed by atoms with E-state index in [1.165, 1.54) is 6.42 Å². The van der Waals surface area contributed by atoms with Crippen LogP contribution in [0.15, 0.2) is 22.6 Å². The average Bonchev–Trinajstić information content (AvgIpc) is 2.79. The number of fused-ring (bicyclic) bond motifs is 1. The topological polar surface area (TPSA) is 52.3 Å². The SMILES string of the molecule is Cc1nc2ccc(OC(=O)C3CCCCC3)cc2o1. The van der Waals surface area contributed by atoms with E-state index in [1.54, 1.807) is 19.1 Å². The Bertz CT molecular complexity index is 596. The Kier molecular flexibility index (Phi) is 3.23. The van der Waals surface area contributed by atoms with Crippen molar-refractivity contribution < 1.29 is 13.9 Å². The van der Waals surface area contributed by atoms with E-state index in [0.29, 0.717) is 17.2 Å². The van der Waals surface area contributed by atoms with E-state index in [4.69, 9.17) is 9.15 Å². The van der Waals surface area contributed by atoms with Crippen LogP contribution < -0.4 is 4.74 Å². The minimum Gasteiger partial charge on any atom is -0.441 e. The zero-order valence-electron chi connectivity index (χ0n) is 11.0. The van der Waals surface area contributed by atoms with Crippen molar-refractivity contribution in [1.82, 2.24) is 4.98 Å². The zero-order valence-corrected chi connectivity index (χ0v) is 11.0. The largest absolute Gasteiger partial charge is 0.441 e. The van der Waals surface area contributed by atoms with Crippen LogP contribution in [0, 0.1) is 12.8 Å². The molecule has 100 valence electrons. The molecular weight excluding hydrogens is 242 g/mol. The molecule has 3 rings (SSSR count). The van der Waals surface area contributed by atoms with E-state index in [9.17, 15) is 4.79 Å². The maximum Gasteiger partial charge on any atom is 0.314 e. The first-order chi connectivity index (χ1) is 9.22. The van der Waals surface area contributed by atoms with Crippen LogP contribution in [0.25, 0.3) is 11.1 Å². The lowest BCUT2D eigenvalue weighted by molar-refractivity contribution is -0.139. The molecule has 0 atom stereocenters. The summed E-state index contributed by atoms with van der Waals surface area (Å²) in [6.45, 7) is 1.80. The minimum absolute atomic E-state index is 0.0564. The van der Waals surface area contributed by atoms with Crippen LogP contribution in [-0.4, -0.2) is 11.0 Å². The molecule has 0 radical (unpaired) electrons. The van der Waals surface area contributed by atoms with Gasteiger partial charge >= 0.3 is 5.97 Å². The summed E-state index contributed by atoms with van der Waals surface area (Å²) in [6, 6.07) is 5.32. The van der Waals surface area contributed by atoms with E-state index in [-0.39, 0.29) is 11.9 Å². The zero-order chi connectivity index (χ0) is 13.2. The van der Waals surface area contributed by atoms with Gasteiger partial charge in [-0.3, -0.25) is 4.79 Å². The number of rotatable bonds is 2. The molecule has 0 saturated heterocycles. The van der Waals surface area contributed by atoms with Crippen LogP contribution in [0.3, 0.4) is 0 Å². The molecule has 1 heterocycles. The summed E-state index contributed by atoms with van der Waals surface area (Å²) in [6.07, 6.45) is 5.37. The van der Waals surface area contributed by atoms with Crippen LogP contribution in [0.4, 0.5) is 0 Å². The van der Waals surface area contributed by atoms with E-state index >= 15 is 0 Å². The summed E-state index contributed by atoms with van der Waals surface area (Å²) in [4.78, 5) is 16.3. The van der Waals surface area contributed by atoms with Crippen molar-refractivity contribution in [2.24, 2.45) is 5.92 Å². The molecule has 0 amide bonds. The van der Waals surface area contributed by atoms with Gasteiger partial charge in [-0.2, -0.15) is 0 Å². The first-order valence-electron chi connectivity index (χ1n) is 6.81. The van der Waals surface area contributed by atoms with Crippen LogP contribution >= 0.6 is 0 Å². The van der Waals surface area contributed by atoms with Crippen molar-refractivity contribution >= 4 is 17.1 Å². The smallest absolute Gasteiger partial charge is 0.314 e. The lowest BCUT2D eigenvalue weighted by Gasteiger charge is -2.19. The second kappa shape index (κ2) is 5.03. The van der Waals surface area contributed by atoms with Crippen LogP contribution in [0.5, 0.6) is 5.75 Å². The highest BCUT2D eigenvalue weighted by atomic mass is 16.5. The third-order valence-electron chi connectivity index (χ3n) is 3.62. The molecule has 0 bridgehead atoms. The van der Waals surface area contributed by atoms with Gasteiger partial charge in [0.15, 0.2) is 11.5 Å². The Hall–Kier alpha value is -1.84. The van der Waals surface area contributed by atoms with Gasteiger partial charge in [-0.05, 0) is 25.0 Å². The monoisotopic (exact) mass is 259 g/mol. The van der Waals surface area contributed by atoms with Gasteiger partial charge in [0.25, 0.3) is 0 Å². The minimum atomic E-state index is -0.115. The second-order valence-corrected chi connectivity index (χ2v) is 5.12. The van der Waals surface area contributed by atoms with Crippen molar-refractivity contribution in [3.05, 3.63) is 24.1 Å². The van der Waals surface area contributed by atoms with Crippen molar-refractivity contribution in [2.45, 2.75) is 39.0 Å². The Labute approximate surface area is 111 Å². The summed E-state index contributed by atoms with van der Waals surface area (Å²) in [5.41, 5.74) is 1.45. The molecule has 1 aliphatic rings. The third kappa shape index (κ3) is 2.62. The fourth-order valence-electron chi connectivity index (χ4n) is 2.62. The van der Waals surface area contributed by atoms with Crippen molar-refractivity contribution in [3.8, 4) is 5.75 Å². The number of ether oxygens (including phenoxy) is 1. The molecule has 0 spiro atoms. The van der Waals surface area contributed by atoms with Gasteiger partial charge in [0.1, 0.15) is 11.3 Å². The van der Waals surface area contributed by atoms with Gasteiger partial charge in [0.2, 0.25) is 0 Å². The molecule has 1 saturated carbocycles. The number of benzene rings is 1. The van der Waals surface area contributed by atoms with Gasteiger partial charge in [-0.1, -0.05) is 19.3 Å². The molecule has 1 aromatic heterocycles. The predicted octanol–water partition coefficient (Wildman–Crippen LogP) is 3.62. The van der Waals surface area contributed by atoms with Gasteiger partial charge < -0.3 is 9.15 Å². The molecule has 4 heteroatoms. The van der Waals surface area contributed by atoms with Crippen molar-refractivity contribution in [2.75, 3.05) is 0 Å². The Morgan fingerprint density at radius 2 is 2.11 bits per heavy atom. The summed E-state index contributed by atoms with van der Waals surface area (Å²) < 4.78 is 10.9. The van der Waals surface area contributed by atoms with E-state index in [2.05, 4.69) is 4.98 Å². The highest BCUT2D eigenvalue weighted by Crippen LogP contribution is 2.27. The lowest BCUT2D eigenvalue weighted by Crippen LogP contribution is -2.22. The Balaban J connectivity index is 1.74. The van der Waals surface area contributed by atoms with Crippen molar-refractivity contribution in [3.63, 3.8) is 0 Å². The van der Waals surface area contributed by atoms with Crippen molar-refractivity contribution in [1.29, 1.82) is 0 Å². The molecule has 1 aromatic carbocycles. The molecule has 1 fully saturated rings. The van der Waals surface area contributed by atoms with Crippen LogP contribution in [0.1, 0.15) is 38.0 Å². The first kappa shape index (κ1) is 12.2. The number of hydrogen-bond acceptors (Lipinski definition) is 4. The van der Waals surface area contributed by atoms with Gasteiger partial charge in [-0.25, -0.2) is 4.98 Å². The number of esters is 1. The summed E-state index contributed by atoms with van der Waals surface area (Å²) in [5.74, 6) is 1.10. The van der Waals surface area contributed by atoms with Gasteiger partial charge in [0.05, 0.1) is 5.92 Å². The maximum absolute atomic E-state index is 12.0. The van der Waals surface area contributed by atoms with E-state index in [0.717, 1.165) is 31.2 Å². The number of hydrogen-bond donors (Lipinski definition) is 0. The fourth-order valence-corrected chi connectivity index (χ4v) is 2.62. The molecular formula is C15H17NO3. The Morgan fingerprint density at radius 1 is 1.32 bits per heavy atom. The summed E-state index contributed by atoms with van der Waals surface area (Å²) >= 11 is 0. The quantitative estimate of drug-likeness (QED) is 0.610. The molecule has 0 unspecified atom stereocenters. The molecule has 0 aliphatic heterocycles. The first-order valence-corrected chi connectivity index (χ1v) is 6.81. The fraction of sp³-hybridized carbons (Fsp3) is 0.467. The highest BCUT2D eigenvalue weighted by molar-refractivity contribution is 5.78. The predicted molar refractivity (Wildman–Crippen MR) is 71.0 cm³/mol. The number of aromatic nitrogens is 1. The molecule has 2 aromatic rings. The standard InChI is InChI=1S/C15H17NO3/c1-10-16-13-8-7-12(9-14(13)18-10)19-15(17)11-5-3-2-4-6-11/h7-9,11H,2-6H2,1H3. The number of oxazole rings is 1. The van der Waals surface area contributed by atoms with E-state index in [1.807, 2.05) is 6.07 Å². The van der Waals surface area contributed by atoms with E-state index < -0.39 is 0 Å². The highest BCUT2D eigenvalue weighted by Gasteiger charge is 2.23. The normalized spacial score (nSPS) is 16.7. The summed E-state index contributed by atoms with van der Waals surface area (Å²) in [7, 11) is 0. The molecule has 1 aliphatic carbocycles. The third-order valence-corrected chi connectivity index (χ3v) is 3.62. The van der Waals surface area contributed by atoms with Gasteiger partial charge in [0, 0.05) is 13.0 Å². The molecule has 19 heavy (non-hydrogen) atoms. The number of nitrogens with zero attached hydrogens (tertiary/aromatic N) is 1. The summed E-state index contributed by atoms with van der Waals surface area (Å²) in [5, 5.41) is 0. The molecule has 4 nitrogen and oxygen atoms in total. The van der Waals surface area contributed by atoms with Crippen LogP contribution in [0.2, 0.25) is 0 Å². The second-order valence-electron chi connectivity index (χ2n) is 5.12. The van der Waals surface area contributed by atoms with Crippen LogP contribution in [-0.2, 0) is 4.79 Å². The van der Waals surface area contributed by atoms with Gasteiger partial charge in [-0.15, -0.1) is 0 Å². The maximum atomic E-state index is 12.0. The number of carbonyl (C=O) groups is 1. The molecule has 0 N–H and O–H groups in total. The number of carbonyl (C=O) groups excluding carboxylic acids is 1. The Morgan fingerprint density at radius 3 is 2.89 bits per heavy atom. The average molecular weight is 259 g/mol.